The van der Waals surface area contributed by atoms with Gasteiger partial charge in [-0.15, -0.1) is 0 Å². The molecule has 1 aliphatic rings. The smallest absolute Gasteiger partial charge is 0.260 e. The molecule has 2 atom stereocenters. The summed E-state index contributed by atoms with van der Waals surface area (Å²) in [5.74, 6) is 0.655. The third-order valence-electron chi connectivity index (χ3n) is 4.03. The largest absolute Gasteiger partial charge is 0.481 e. The van der Waals surface area contributed by atoms with E-state index in [9.17, 15) is 4.79 Å². The van der Waals surface area contributed by atoms with E-state index >= 15 is 0 Å². The van der Waals surface area contributed by atoms with Gasteiger partial charge in [0.2, 0.25) is 0 Å². The fourth-order valence-corrected chi connectivity index (χ4v) is 2.76. The van der Waals surface area contributed by atoms with Crippen molar-refractivity contribution < 1.29 is 9.53 Å². The molecular formula is C17H26N2O2. The molecule has 1 aromatic carbocycles. The Kier molecular flexibility index (Phi) is 5.23. The molecule has 1 aliphatic carbocycles. The van der Waals surface area contributed by atoms with Gasteiger partial charge in [0.1, 0.15) is 5.75 Å². The SMILES string of the molecule is Cc1ccc(OC(C)C(=O)NC2CCCC2)c([C@@H](C)N)c1. The van der Waals surface area contributed by atoms with Crippen molar-refractivity contribution >= 4 is 5.91 Å². The van der Waals surface area contributed by atoms with Crippen LogP contribution < -0.4 is 15.8 Å². The average Bonchev–Trinajstić information content (AvgIpc) is 2.93. The van der Waals surface area contributed by atoms with Crippen molar-refractivity contribution in [3.05, 3.63) is 29.3 Å². The summed E-state index contributed by atoms with van der Waals surface area (Å²) in [6.45, 7) is 5.73. The van der Waals surface area contributed by atoms with E-state index in [0.717, 1.165) is 24.0 Å². The Balaban J connectivity index is 2.01. The normalized spacial score (nSPS) is 18.3. The number of carbonyl (C=O) groups excluding carboxylic acids is 1. The lowest BCUT2D eigenvalue weighted by Gasteiger charge is -2.21. The number of hydrogen-bond acceptors (Lipinski definition) is 3. The molecule has 0 radical (unpaired) electrons. The van der Waals surface area contributed by atoms with Crippen LogP contribution in [0, 0.1) is 6.92 Å². The number of hydrogen-bond donors (Lipinski definition) is 2. The molecule has 1 unspecified atom stereocenters. The molecule has 1 saturated carbocycles. The molecule has 0 aromatic heterocycles. The number of benzene rings is 1. The number of amides is 1. The maximum Gasteiger partial charge on any atom is 0.260 e. The number of rotatable bonds is 5. The standard InChI is InChI=1S/C17H26N2O2/c1-11-8-9-16(15(10-11)12(2)18)21-13(3)17(20)19-14-6-4-5-7-14/h8-10,12-14H,4-7,18H2,1-3H3,(H,19,20)/t12-,13?/m1/s1. The molecular weight excluding hydrogens is 264 g/mol. The first-order valence-corrected chi connectivity index (χ1v) is 7.80. The van der Waals surface area contributed by atoms with Gasteiger partial charge in [-0.1, -0.05) is 30.5 Å². The lowest BCUT2D eigenvalue weighted by molar-refractivity contribution is -0.128. The van der Waals surface area contributed by atoms with Gasteiger partial charge in [0.05, 0.1) is 0 Å². The summed E-state index contributed by atoms with van der Waals surface area (Å²) in [5.41, 5.74) is 8.06. The maximum absolute atomic E-state index is 12.2. The van der Waals surface area contributed by atoms with Crippen LogP contribution in [0.3, 0.4) is 0 Å². The zero-order chi connectivity index (χ0) is 15.4. The van der Waals surface area contributed by atoms with E-state index in [-0.39, 0.29) is 11.9 Å². The summed E-state index contributed by atoms with van der Waals surface area (Å²) in [6, 6.07) is 6.08. The highest BCUT2D eigenvalue weighted by Crippen LogP contribution is 2.26. The minimum atomic E-state index is -0.509. The van der Waals surface area contributed by atoms with Crippen LogP contribution in [0.5, 0.6) is 5.75 Å². The predicted octanol–water partition coefficient (Wildman–Crippen LogP) is 2.84. The van der Waals surface area contributed by atoms with Crippen molar-refractivity contribution in [3.63, 3.8) is 0 Å². The van der Waals surface area contributed by atoms with E-state index in [2.05, 4.69) is 5.32 Å². The Morgan fingerprint density at radius 1 is 1.33 bits per heavy atom. The molecule has 1 amide bonds. The molecule has 3 N–H and O–H groups in total. The molecule has 116 valence electrons. The van der Waals surface area contributed by atoms with Gasteiger partial charge in [0, 0.05) is 17.6 Å². The van der Waals surface area contributed by atoms with E-state index in [1.165, 1.54) is 12.8 Å². The first kappa shape index (κ1) is 15.8. The Morgan fingerprint density at radius 2 is 2.00 bits per heavy atom. The molecule has 0 saturated heterocycles. The van der Waals surface area contributed by atoms with Crippen molar-refractivity contribution in [3.8, 4) is 5.75 Å². The number of carbonyl (C=O) groups is 1. The lowest BCUT2D eigenvalue weighted by atomic mass is 10.1. The third-order valence-corrected chi connectivity index (χ3v) is 4.03. The predicted molar refractivity (Wildman–Crippen MR) is 84.3 cm³/mol. The topological polar surface area (TPSA) is 64.3 Å². The molecule has 0 bridgehead atoms. The Hall–Kier alpha value is -1.55. The van der Waals surface area contributed by atoms with Crippen LogP contribution in [0.4, 0.5) is 0 Å². The van der Waals surface area contributed by atoms with Crippen LogP contribution in [-0.4, -0.2) is 18.1 Å². The van der Waals surface area contributed by atoms with Gasteiger partial charge in [-0.05, 0) is 39.7 Å². The molecule has 4 heteroatoms. The number of nitrogens with one attached hydrogen (secondary N) is 1. The second-order valence-electron chi connectivity index (χ2n) is 6.08. The van der Waals surface area contributed by atoms with E-state index in [1.807, 2.05) is 32.0 Å². The summed E-state index contributed by atoms with van der Waals surface area (Å²) < 4.78 is 5.84. The fourth-order valence-electron chi connectivity index (χ4n) is 2.76. The van der Waals surface area contributed by atoms with Crippen molar-refractivity contribution in [2.75, 3.05) is 0 Å². The summed E-state index contributed by atoms with van der Waals surface area (Å²) in [5, 5.41) is 3.06. The zero-order valence-corrected chi connectivity index (χ0v) is 13.2. The van der Waals surface area contributed by atoms with Gasteiger partial charge in [-0.3, -0.25) is 4.79 Å². The van der Waals surface area contributed by atoms with Gasteiger partial charge in [-0.25, -0.2) is 0 Å². The molecule has 0 spiro atoms. The molecule has 1 fully saturated rings. The van der Waals surface area contributed by atoms with E-state index in [1.54, 1.807) is 6.92 Å². The quantitative estimate of drug-likeness (QED) is 0.876. The number of ether oxygens (including phenoxy) is 1. The highest BCUT2D eigenvalue weighted by molar-refractivity contribution is 5.81. The van der Waals surface area contributed by atoms with Crippen LogP contribution >= 0.6 is 0 Å². The lowest BCUT2D eigenvalue weighted by Crippen LogP contribution is -2.41. The zero-order valence-electron chi connectivity index (χ0n) is 13.2. The van der Waals surface area contributed by atoms with Crippen LogP contribution in [0.15, 0.2) is 18.2 Å². The van der Waals surface area contributed by atoms with Gasteiger partial charge in [-0.2, -0.15) is 0 Å². The Labute approximate surface area is 127 Å². The fraction of sp³-hybridized carbons (Fsp3) is 0.588. The number of aryl methyl sites for hydroxylation is 1. The monoisotopic (exact) mass is 290 g/mol. The average molecular weight is 290 g/mol. The minimum absolute atomic E-state index is 0.0434. The van der Waals surface area contributed by atoms with E-state index < -0.39 is 6.10 Å². The highest BCUT2D eigenvalue weighted by Gasteiger charge is 2.22. The summed E-state index contributed by atoms with van der Waals surface area (Å²) in [4.78, 5) is 12.2. The second-order valence-corrected chi connectivity index (χ2v) is 6.08. The summed E-state index contributed by atoms with van der Waals surface area (Å²) in [7, 11) is 0. The Bertz CT molecular complexity index is 494. The van der Waals surface area contributed by atoms with Gasteiger partial charge < -0.3 is 15.8 Å². The van der Waals surface area contributed by atoms with Crippen LogP contribution in [-0.2, 0) is 4.79 Å². The maximum atomic E-state index is 12.2. The molecule has 2 rings (SSSR count). The van der Waals surface area contributed by atoms with Crippen LogP contribution in [0.25, 0.3) is 0 Å². The minimum Gasteiger partial charge on any atom is -0.481 e. The van der Waals surface area contributed by atoms with E-state index in [4.69, 9.17) is 10.5 Å². The second kappa shape index (κ2) is 6.94. The number of nitrogens with two attached hydrogens (primary N) is 1. The van der Waals surface area contributed by atoms with Gasteiger partial charge in [0.15, 0.2) is 6.10 Å². The molecule has 1 aromatic rings. The summed E-state index contributed by atoms with van der Waals surface area (Å²) >= 11 is 0. The van der Waals surface area contributed by atoms with Crippen LogP contribution in [0.2, 0.25) is 0 Å². The third kappa shape index (κ3) is 4.21. The highest BCUT2D eigenvalue weighted by atomic mass is 16.5. The molecule has 0 heterocycles. The summed E-state index contributed by atoms with van der Waals surface area (Å²) in [6.07, 6.45) is 4.05. The van der Waals surface area contributed by atoms with Crippen LogP contribution in [0.1, 0.15) is 56.7 Å². The van der Waals surface area contributed by atoms with Crippen molar-refractivity contribution in [2.45, 2.75) is 64.6 Å². The molecule has 0 aliphatic heterocycles. The van der Waals surface area contributed by atoms with Gasteiger partial charge in [0.25, 0.3) is 5.91 Å². The first-order valence-electron chi connectivity index (χ1n) is 7.80. The van der Waals surface area contributed by atoms with Crippen molar-refractivity contribution in [1.29, 1.82) is 0 Å². The van der Waals surface area contributed by atoms with Crippen molar-refractivity contribution in [1.82, 2.24) is 5.32 Å². The van der Waals surface area contributed by atoms with E-state index in [0.29, 0.717) is 11.8 Å². The molecule has 4 nitrogen and oxygen atoms in total. The molecule has 21 heavy (non-hydrogen) atoms. The van der Waals surface area contributed by atoms with Crippen molar-refractivity contribution in [2.24, 2.45) is 5.73 Å². The van der Waals surface area contributed by atoms with Gasteiger partial charge >= 0.3 is 0 Å². The first-order chi connectivity index (χ1) is 9.97. The Morgan fingerprint density at radius 3 is 2.62 bits per heavy atom.